The SMILES string of the molecule is CCN(Cc1cccc2c1OCCO2)C(=O)C1CC=CCC1c1nc2ccccc2s1. The molecule has 0 radical (unpaired) electrons. The van der Waals surface area contributed by atoms with Crippen molar-refractivity contribution in [3.05, 3.63) is 65.2 Å². The molecule has 3 aromatic rings. The summed E-state index contributed by atoms with van der Waals surface area (Å²) >= 11 is 1.71. The zero-order chi connectivity index (χ0) is 21.2. The molecule has 0 N–H and O–H groups in total. The smallest absolute Gasteiger partial charge is 0.227 e. The van der Waals surface area contributed by atoms with E-state index in [1.807, 2.05) is 48.2 Å². The molecule has 1 aliphatic heterocycles. The summed E-state index contributed by atoms with van der Waals surface area (Å²) in [5, 5.41) is 1.06. The molecule has 0 fully saturated rings. The maximum absolute atomic E-state index is 13.7. The maximum atomic E-state index is 13.7. The predicted octanol–water partition coefficient (Wildman–Crippen LogP) is 5.17. The van der Waals surface area contributed by atoms with Gasteiger partial charge in [-0.25, -0.2) is 4.98 Å². The molecule has 160 valence electrons. The quantitative estimate of drug-likeness (QED) is 0.520. The van der Waals surface area contributed by atoms with E-state index in [0.29, 0.717) is 26.3 Å². The highest BCUT2D eigenvalue weighted by molar-refractivity contribution is 7.18. The molecule has 0 bridgehead atoms. The van der Waals surface area contributed by atoms with E-state index in [4.69, 9.17) is 14.5 Å². The second kappa shape index (κ2) is 8.71. The van der Waals surface area contributed by atoms with Crippen LogP contribution in [0, 0.1) is 5.92 Å². The number of hydrogen-bond acceptors (Lipinski definition) is 5. The molecule has 5 rings (SSSR count). The van der Waals surface area contributed by atoms with Crippen molar-refractivity contribution in [1.29, 1.82) is 0 Å². The molecule has 0 saturated heterocycles. The Morgan fingerprint density at radius 2 is 1.94 bits per heavy atom. The summed E-state index contributed by atoms with van der Waals surface area (Å²) in [6, 6.07) is 14.1. The zero-order valence-corrected chi connectivity index (χ0v) is 18.4. The van der Waals surface area contributed by atoms with Crippen LogP contribution in [-0.2, 0) is 11.3 Å². The third-order valence-electron chi connectivity index (χ3n) is 6.08. The molecule has 2 heterocycles. The first-order valence-corrected chi connectivity index (χ1v) is 11.7. The summed E-state index contributed by atoms with van der Waals surface area (Å²) in [5.74, 6) is 1.74. The van der Waals surface area contributed by atoms with E-state index in [9.17, 15) is 4.79 Å². The molecule has 31 heavy (non-hydrogen) atoms. The Hall–Kier alpha value is -2.86. The Bertz CT molecular complexity index is 1090. The van der Waals surface area contributed by atoms with Gasteiger partial charge in [-0.15, -0.1) is 11.3 Å². The Morgan fingerprint density at radius 1 is 1.10 bits per heavy atom. The minimum Gasteiger partial charge on any atom is -0.486 e. The van der Waals surface area contributed by atoms with Crippen LogP contribution in [0.2, 0.25) is 0 Å². The lowest BCUT2D eigenvalue weighted by atomic mass is 9.82. The predicted molar refractivity (Wildman–Crippen MR) is 123 cm³/mol. The summed E-state index contributed by atoms with van der Waals surface area (Å²) in [7, 11) is 0. The fourth-order valence-electron chi connectivity index (χ4n) is 4.45. The molecule has 2 atom stereocenters. The highest BCUT2D eigenvalue weighted by Gasteiger charge is 2.35. The van der Waals surface area contributed by atoms with E-state index >= 15 is 0 Å². The highest BCUT2D eigenvalue weighted by Crippen LogP contribution is 2.40. The van der Waals surface area contributed by atoms with Gasteiger partial charge in [0, 0.05) is 24.6 Å². The van der Waals surface area contributed by atoms with Gasteiger partial charge in [-0.1, -0.05) is 36.4 Å². The van der Waals surface area contributed by atoms with E-state index < -0.39 is 0 Å². The lowest BCUT2D eigenvalue weighted by Gasteiger charge is -2.32. The van der Waals surface area contributed by atoms with E-state index in [2.05, 4.69) is 18.2 Å². The van der Waals surface area contributed by atoms with Crippen LogP contribution >= 0.6 is 11.3 Å². The van der Waals surface area contributed by atoms with Gasteiger partial charge < -0.3 is 14.4 Å². The number of ether oxygens (including phenoxy) is 2. The van der Waals surface area contributed by atoms with E-state index in [-0.39, 0.29) is 17.7 Å². The van der Waals surface area contributed by atoms with Crippen LogP contribution in [0.25, 0.3) is 10.2 Å². The average Bonchev–Trinajstić information content (AvgIpc) is 3.26. The summed E-state index contributed by atoms with van der Waals surface area (Å²) in [5.41, 5.74) is 2.01. The molecule has 0 saturated carbocycles. The Balaban J connectivity index is 1.40. The van der Waals surface area contributed by atoms with Crippen molar-refractivity contribution in [2.75, 3.05) is 19.8 Å². The first kappa shape index (κ1) is 20.1. The fraction of sp³-hybridized carbons (Fsp3) is 0.360. The van der Waals surface area contributed by atoms with Crippen LogP contribution in [0.1, 0.15) is 36.3 Å². The summed E-state index contributed by atoms with van der Waals surface area (Å²) in [4.78, 5) is 20.5. The number of allylic oxidation sites excluding steroid dienone is 2. The molecule has 0 spiro atoms. The van der Waals surface area contributed by atoms with Crippen LogP contribution in [0.5, 0.6) is 11.5 Å². The monoisotopic (exact) mass is 434 g/mol. The number of carbonyl (C=O) groups excluding carboxylic acids is 1. The summed E-state index contributed by atoms with van der Waals surface area (Å²) < 4.78 is 12.8. The minimum atomic E-state index is -0.0952. The second-order valence-corrected chi connectivity index (χ2v) is 9.03. The number of aromatic nitrogens is 1. The average molecular weight is 435 g/mol. The van der Waals surface area contributed by atoms with Crippen LogP contribution < -0.4 is 9.47 Å². The van der Waals surface area contributed by atoms with Crippen LogP contribution in [-0.4, -0.2) is 35.5 Å². The number of fused-ring (bicyclic) bond motifs is 2. The van der Waals surface area contributed by atoms with Crippen LogP contribution in [0.4, 0.5) is 0 Å². The lowest BCUT2D eigenvalue weighted by molar-refractivity contribution is -0.136. The van der Waals surface area contributed by atoms with Crippen molar-refractivity contribution in [2.24, 2.45) is 5.92 Å². The first-order valence-electron chi connectivity index (χ1n) is 10.9. The van der Waals surface area contributed by atoms with Crippen molar-refractivity contribution < 1.29 is 14.3 Å². The normalized spacial score (nSPS) is 20.0. The van der Waals surface area contributed by atoms with Crippen molar-refractivity contribution in [3.8, 4) is 11.5 Å². The van der Waals surface area contributed by atoms with Crippen molar-refractivity contribution in [2.45, 2.75) is 32.2 Å². The van der Waals surface area contributed by atoms with Gasteiger partial charge >= 0.3 is 0 Å². The number of rotatable bonds is 5. The molecule has 6 heteroatoms. The molecule has 1 aliphatic carbocycles. The molecule has 1 amide bonds. The molecule has 2 unspecified atom stereocenters. The van der Waals surface area contributed by atoms with Crippen LogP contribution in [0.3, 0.4) is 0 Å². The van der Waals surface area contributed by atoms with Gasteiger partial charge in [-0.05, 0) is 38.0 Å². The van der Waals surface area contributed by atoms with Gasteiger partial charge in [0.1, 0.15) is 13.2 Å². The summed E-state index contributed by atoms with van der Waals surface area (Å²) in [6.07, 6.45) is 5.94. The van der Waals surface area contributed by atoms with Crippen LogP contribution in [0.15, 0.2) is 54.6 Å². The second-order valence-electron chi connectivity index (χ2n) is 7.97. The largest absolute Gasteiger partial charge is 0.486 e. The third-order valence-corrected chi connectivity index (χ3v) is 7.25. The van der Waals surface area contributed by atoms with E-state index in [0.717, 1.165) is 40.4 Å². The third kappa shape index (κ3) is 3.92. The Labute approximate surface area is 186 Å². The van der Waals surface area contributed by atoms with Gasteiger partial charge in [0.2, 0.25) is 5.91 Å². The maximum Gasteiger partial charge on any atom is 0.227 e. The zero-order valence-electron chi connectivity index (χ0n) is 17.6. The highest BCUT2D eigenvalue weighted by atomic mass is 32.1. The fourth-order valence-corrected chi connectivity index (χ4v) is 5.60. The molecular formula is C25H26N2O3S. The number of nitrogens with zero attached hydrogens (tertiary/aromatic N) is 2. The Morgan fingerprint density at radius 3 is 2.81 bits per heavy atom. The molecule has 5 nitrogen and oxygen atoms in total. The standard InChI is InChI=1S/C25H26N2O3S/c1-2-27(16-17-8-7-12-21-23(17)30-15-14-29-21)25(28)19-10-4-3-9-18(19)24-26-20-11-5-6-13-22(20)31-24/h3-8,11-13,18-19H,2,9-10,14-16H2,1H3. The lowest BCUT2D eigenvalue weighted by Crippen LogP contribution is -2.38. The van der Waals surface area contributed by atoms with Gasteiger partial charge in [0.15, 0.2) is 11.5 Å². The number of para-hydroxylation sites is 2. The minimum absolute atomic E-state index is 0.0952. The molecule has 2 aromatic carbocycles. The van der Waals surface area contributed by atoms with E-state index in [1.165, 1.54) is 4.70 Å². The number of benzene rings is 2. The molecule has 1 aromatic heterocycles. The van der Waals surface area contributed by atoms with Gasteiger partial charge in [-0.2, -0.15) is 0 Å². The number of carbonyl (C=O) groups is 1. The topological polar surface area (TPSA) is 51.7 Å². The van der Waals surface area contributed by atoms with Crippen molar-refractivity contribution in [1.82, 2.24) is 9.88 Å². The van der Waals surface area contributed by atoms with Gasteiger partial charge in [-0.3, -0.25) is 4.79 Å². The van der Waals surface area contributed by atoms with E-state index in [1.54, 1.807) is 11.3 Å². The molecular weight excluding hydrogens is 408 g/mol. The number of hydrogen-bond donors (Lipinski definition) is 0. The van der Waals surface area contributed by atoms with Gasteiger partial charge in [0.05, 0.1) is 21.1 Å². The molecule has 2 aliphatic rings. The summed E-state index contributed by atoms with van der Waals surface area (Å²) in [6.45, 7) is 4.31. The Kier molecular flexibility index (Phi) is 5.64. The first-order chi connectivity index (χ1) is 15.2. The van der Waals surface area contributed by atoms with Crippen molar-refractivity contribution in [3.63, 3.8) is 0 Å². The van der Waals surface area contributed by atoms with Crippen molar-refractivity contribution >= 4 is 27.5 Å². The number of thiazole rings is 1. The number of amides is 1. The van der Waals surface area contributed by atoms with Gasteiger partial charge in [0.25, 0.3) is 0 Å².